The topological polar surface area (TPSA) is 52.6 Å². The molecule has 0 aromatic heterocycles. The Morgan fingerprint density at radius 1 is 1.37 bits per heavy atom. The zero-order chi connectivity index (χ0) is 14.3. The van der Waals surface area contributed by atoms with E-state index in [1.165, 1.54) is 0 Å². The molecule has 0 saturated heterocycles. The molecular weight excluding hydrogens is 308 g/mol. The number of aromatic carboxylic acids is 1. The highest BCUT2D eigenvalue weighted by Crippen LogP contribution is 2.24. The van der Waals surface area contributed by atoms with E-state index in [-0.39, 0.29) is 0 Å². The van der Waals surface area contributed by atoms with Gasteiger partial charge in [0.25, 0.3) is 0 Å². The Hall–Kier alpha value is -1.07. The molecule has 0 radical (unpaired) electrons. The second-order valence-electron chi connectivity index (χ2n) is 4.33. The van der Waals surface area contributed by atoms with Crippen LogP contribution in [0.1, 0.15) is 30.6 Å². The normalized spacial score (nSPS) is 10.7. The number of carbonyl (C=O) groups is 1. The highest BCUT2D eigenvalue weighted by molar-refractivity contribution is 9.10. The minimum absolute atomic E-state index is 0.293. The Labute approximate surface area is 122 Å². The van der Waals surface area contributed by atoms with Crippen LogP contribution in [-0.4, -0.2) is 42.2 Å². The van der Waals surface area contributed by atoms with Gasteiger partial charge in [-0.2, -0.15) is 0 Å². The molecule has 0 unspecified atom stereocenters. The molecule has 5 heteroatoms. The van der Waals surface area contributed by atoms with Gasteiger partial charge in [0.05, 0.1) is 5.56 Å². The summed E-state index contributed by atoms with van der Waals surface area (Å²) in [5.41, 5.74) is 0.954. The summed E-state index contributed by atoms with van der Waals surface area (Å²) in [7, 11) is 0. The number of rotatable bonds is 8. The molecule has 0 bridgehead atoms. The van der Waals surface area contributed by atoms with Crippen LogP contribution in [0.2, 0.25) is 0 Å². The Morgan fingerprint density at radius 3 is 2.68 bits per heavy atom. The van der Waals surface area contributed by atoms with E-state index in [2.05, 4.69) is 40.0 Å². The van der Waals surface area contributed by atoms with Crippen LogP contribution in [0.4, 0.5) is 5.69 Å². The Kier molecular flexibility index (Phi) is 6.87. The van der Waals surface area contributed by atoms with Crippen LogP contribution in [0.25, 0.3) is 0 Å². The smallest absolute Gasteiger partial charge is 0.338 e. The number of carboxylic acids is 1. The first-order valence-electron chi connectivity index (χ1n) is 6.58. The van der Waals surface area contributed by atoms with Crippen molar-refractivity contribution in [1.82, 2.24) is 4.90 Å². The van der Waals surface area contributed by atoms with Crippen LogP contribution < -0.4 is 5.32 Å². The van der Waals surface area contributed by atoms with Gasteiger partial charge in [0.2, 0.25) is 0 Å². The number of benzene rings is 1. The molecule has 1 aromatic rings. The number of likely N-dealkylation sites (N-methyl/N-ethyl adjacent to an activating group) is 1. The fourth-order valence-corrected chi connectivity index (χ4v) is 2.52. The van der Waals surface area contributed by atoms with Gasteiger partial charge in [-0.05, 0) is 47.6 Å². The molecule has 2 N–H and O–H groups in total. The zero-order valence-corrected chi connectivity index (χ0v) is 13.0. The predicted molar refractivity (Wildman–Crippen MR) is 82.0 cm³/mol. The van der Waals surface area contributed by atoms with Gasteiger partial charge in [0, 0.05) is 23.2 Å². The van der Waals surface area contributed by atoms with E-state index in [0.717, 1.165) is 32.6 Å². The van der Waals surface area contributed by atoms with Gasteiger partial charge in [0.15, 0.2) is 0 Å². The van der Waals surface area contributed by atoms with Crippen LogP contribution in [-0.2, 0) is 0 Å². The summed E-state index contributed by atoms with van der Waals surface area (Å²) in [4.78, 5) is 13.6. The monoisotopic (exact) mass is 328 g/mol. The van der Waals surface area contributed by atoms with Gasteiger partial charge < -0.3 is 15.3 Å². The average molecular weight is 329 g/mol. The first-order chi connectivity index (χ1) is 9.10. The van der Waals surface area contributed by atoms with E-state index < -0.39 is 5.97 Å². The molecule has 0 aliphatic carbocycles. The predicted octanol–water partition coefficient (Wildman–Crippen LogP) is 3.29. The quantitative estimate of drug-likeness (QED) is 0.768. The molecule has 0 spiro atoms. The fourth-order valence-electron chi connectivity index (χ4n) is 1.98. The molecule has 1 aromatic carbocycles. The minimum atomic E-state index is -0.920. The van der Waals surface area contributed by atoms with Crippen LogP contribution in [0, 0.1) is 0 Å². The van der Waals surface area contributed by atoms with Gasteiger partial charge in [-0.15, -0.1) is 0 Å². The number of hydrogen-bond donors (Lipinski definition) is 2. The van der Waals surface area contributed by atoms with Crippen molar-refractivity contribution >= 4 is 27.6 Å². The molecule has 0 heterocycles. The molecule has 106 valence electrons. The van der Waals surface area contributed by atoms with E-state index >= 15 is 0 Å². The molecule has 0 aliphatic heterocycles. The standard InChI is InChI=1S/C14H21BrN2O2/c1-3-9-17(4-2)10-8-16-12-7-5-6-11(15)13(12)14(18)19/h5-7,16H,3-4,8-10H2,1-2H3,(H,18,19). The zero-order valence-electron chi connectivity index (χ0n) is 11.4. The Morgan fingerprint density at radius 2 is 2.11 bits per heavy atom. The van der Waals surface area contributed by atoms with Gasteiger partial charge in [-0.25, -0.2) is 4.79 Å². The van der Waals surface area contributed by atoms with Crippen LogP contribution in [0.3, 0.4) is 0 Å². The molecule has 0 aliphatic rings. The lowest BCUT2D eigenvalue weighted by molar-refractivity contribution is 0.0697. The van der Waals surface area contributed by atoms with Crippen molar-refractivity contribution in [1.29, 1.82) is 0 Å². The van der Waals surface area contributed by atoms with E-state index in [9.17, 15) is 9.90 Å². The summed E-state index contributed by atoms with van der Waals surface area (Å²) < 4.78 is 0.603. The molecule has 0 saturated carbocycles. The van der Waals surface area contributed by atoms with Gasteiger partial charge in [-0.3, -0.25) is 0 Å². The Bertz CT molecular complexity index is 424. The number of nitrogens with one attached hydrogen (secondary N) is 1. The van der Waals surface area contributed by atoms with E-state index in [1.54, 1.807) is 12.1 Å². The Balaban J connectivity index is 2.63. The molecule has 0 fully saturated rings. The maximum absolute atomic E-state index is 11.2. The molecule has 0 amide bonds. The number of hydrogen-bond acceptors (Lipinski definition) is 3. The van der Waals surface area contributed by atoms with E-state index in [4.69, 9.17) is 0 Å². The molecule has 0 atom stereocenters. The first-order valence-corrected chi connectivity index (χ1v) is 7.37. The summed E-state index contributed by atoms with van der Waals surface area (Å²) in [5.74, 6) is -0.920. The maximum Gasteiger partial charge on any atom is 0.338 e. The van der Waals surface area contributed by atoms with E-state index in [0.29, 0.717) is 15.7 Å². The number of carboxylic acid groups (broad SMARTS) is 1. The largest absolute Gasteiger partial charge is 0.478 e. The van der Waals surface area contributed by atoms with Gasteiger partial charge in [-0.1, -0.05) is 19.9 Å². The van der Waals surface area contributed by atoms with Crippen molar-refractivity contribution in [3.05, 3.63) is 28.2 Å². The second-order valence-corrected chi connectivity index (χ2v) is 5.18. The fraction of sp³-hybridized carbons (Fsp3) is 0.500. The van der Waals surface area contributed by atoms with Crippen molar-refractivity contribution in [2.45, 2.75) is 20.3 Å². The first kappa shape index (κ1) is 16.0. The molecule has 19 heavy (non-hydrogen) atoms. The average Bonchev–Trinajstić information content (AvgIpc) is 2.37. The minimum Gasteiger partial charge on any atom is -0.478 e. The van der Waals surface area contributed by atoms with Crippen LogP contribution in [0.15, 0.2) is 22.7 Å². The van der Waals surface area contributed by atoms with Crippen molar-refractivity contribution in [2.24, 2.45) is 0 Å². The second kappa shape index (κ2) is 8.17. The summed E-state index contributed by atoms with van der Waals surface area (Å²) in [6.45, 7) is 8.03. The molecule has 4 nitrogen and oxygen atoms in total. The third-order valence-corrected chi connectivity index (χ3v) is 3.62. The number of anilines is 1. The highest BCUT2D eigenvalue weighted by atomic mass is 79.9. The highest BCUT2D eigenvalue weighted by Gasteiger charge is 2.13. The lowest BCUT2D eigenvalue weighted by Gasteiger charge is -2.20. The summed E-state index contributed by atoms with van der Waals surface area (Å²) >= 11 is 3.28. The van der Waals surface area contributed by atoms with Gasteiger partial charge in [0.1, 0.15) is 0 Å². The van der Waals surface area contributed by atoms with Crippen molar-refractivity contribution in [3.8, 4) is 0 Å². The maximum atomic E-state index is 11.2. The van der Waals surface area contributed by atoms with Gasteiger partial charge >= 0.3 is 5.97 Å². The number of nitrogens with zero attached hydrogens (tertiary/aromatic N) is 1. The van der Waals surface area contributed by atoms with Crippen molar-refractivity contribution in [3.63, 3.8) is 0 Å². The third-order valence-electron chi connectivity index (χ3n) is 2.96. The summed E-state index contributed by atoms with van der Waals surface area (Å²) in [6, 6.07) is 5.37. The van der Waals surface area contributed by atoms with Crippen molar-refractivity contribution < 1.29 is 9.90 Å². The lowest BCUT2D eigenvalue weighted by Crippen LogP contribution is -2.29. The summed E-state index contributed by atoms with van der Waals surface area (Å²) in [6.07, 6.45) is 1.13. The molecular formula is C14H21BrN2O2. The number of halogens is 1. The third kappa shape index (κ3) is 4.84. The molecule has 1 rings (SSSR count). The summed E-state index contributed by atoms with van der Waals surface area (Å²) in [5, 5.41) is 12.4. The SMILES string of the molecule is CCCN(CC)CCNc1cccc(Br)c1C(=O)O. The van der Waals surface area contributed by atoms with Crippen molar-refractivity contribution in [2.75, 3.05) is 31.5 Å². The van der Waals surface area contributed by atoms with Crippen LogP contribution in [0.5, 0.6) is 0 Å². The lowest BCUT2D eigenvalue weighted by atomic mass is 10.2. The van der Waals surface area contributed by atoms with E-state index in [1.807, 2.05) is 6.07 Å². The van der Waals surface area contributed by atoms with Crippen LogP contribution >= 0.6 is 15.9 Å².